The molecule has 1 rings (SSSR count). The first-order valence-corrected chi connectivity index (χ1v) is 4.23. The summed E-state index contributed by atoms with van der Waals surface area (Å²) in [7, 11) is 1.89. The summed E-state index contributed by atoms with van der Waals surface area (Å²) in [5.74, 6) is 6.12. The quantitative estimate of drug-likeness (QED) is 0.516. The van der Waals surface area contributed by atoms with Crippen LogP contribution in [0.4, 0.5) is 5.69 Å². The summed E-state index contributed by atoms with van der Waals surface area (Å²) in [6, 6.07) is 7.90. The van der Waals surface area contributed by atoms with E-state index >= 15 is 0 Å². The van der Waals surface area contributed by atoms with Gasteiger partial charge in [0, 0.05) is 18.3 Å². The lowest BCUT2D eigenvalue weighted by molar-refractivity contribution is 1.50. The molecule has 1 N–H and O–H groups in total. The van der Waals surface area contributed by atoms with Crippen LogP contribution in [0.15, 0.2) is 24.3 Å². The van der Waals surface area contributed by atoms with Gasteiger partial charge in [-0.15, -0.1) is 11.6 Å². The summed E-state index contributed by atoms with van der Waals surface area (Å²) in [5.41, 5.74) is 2.08. The van der Waals surface area contributed by atoms with Crippen molar-refractivity contribution in [2.75, 3.05) is 18.2 Å². The molecule has 0 aliphatic rings. The monoisotopic (exact) mass is 179 g/mol. The minimum Gasteiger partial charge on any atom is -0.388 e. The lowest BCUT2D eigenvalue weighted by atomic mass is 10.2. The molecule has 0 radical (unpaired) electrons. The number of alkyl halides is 1. The SMILES string of the molecule is CNc1ccc(C#CCCl)cc1. The summed E-state index contributed by atoms with van der Waals surface area (Å²) in [5, 5.41) is 3.04. The number of hydrogen-bond acceptors (Lipinski definition) is 1. The van der Waals surface area contributed by atoms with E-state index in [9.17, 15) is 0 Å². The van der Waals surface area contributed by atoms with Crippen LogP contribution in [-0.2, 0) is 0 Å². The molecule has 0 aromatic heterocycles. The summed E-state index contributed by atoms with van der Waals surface area (Å²) in [6.07, 6.45) is 0. The average Bonchev–Trinajstić information content (AvgIpc) is 2.15. The van der Waals surface area contributed by atoms with Gasteiger partial charge in [0.05, 0.1) is 5.88 Å². The van der Waals surface area contributed by atoms with Crippen molar-refractivity contribution in [2.45, 2.75) is 0 Å². The van der Waals surface area contributed by atoms with E-state index in [-0.39, 0.29) is 0 Å². The van der Waals surface area contributed by atoms with Crippen LogP contribution in [0.2, 0.25) is 0 Å². The van der Waals surface area contributed by atoms with Crippen LogP contribution in [0.5, 0.6) is 0 Å². The third kappa shape index (κ3) is 2.48. The van der Waals surface area contributed by atoms with Crippen LogP contribution >= 0.6 is 11.6 Å². The second kappa shape index (κ2) is 4.69. The Labute approximate surface area is 77.7 Å². The molecule has 12 heavy (non-hydrogen) atoms. The normalized spacial score (nSPS) is 8.50. The summed E-state index contributed by atoms with van der Waals surface area (Å²) < 4.78 is 0. The first kappa shape index (κ1) is 8.96. The van der Waals surface area contributed by atoms with Gasteiger partial charge in [0.15, 0.2) is 0 Å². The smallest absolute Gasteiger partial charge is 0.0839 e. The molecule has 1 nitrogen and oxygen atoms in total. The minimum absolute atomic E-state index is 0.383. The summed E-state index contributed by atoms with van der Waals surface area (Å²) in [4.78, 5) is 0. The fourth-order valence-electron chi connectivity index (χ4n) is 0.856. The molecule has 0 bridgehead atoms. The molecule has 1 aromatic rings. The van der Waals surface area contributed by atoms with Crippen molar-refractivity contribution in [1.82, 2.24) is 0 Å². The predicted molar refractivity (Wildman–Crippen MR) is 53.6 cm³/mol. The molecule has 0 heterocycles. The second-order valence-corrected chi connectivity index (χ2v) is 2.53. The van der Waals surface area contributed by atoms with Crippen molar-refractivity contribution in [1.29, 1.82) is 0 Å². The lowest BCUT2D eigenvalue weighted by Crippen LogP contribution is -1.86. The van der Waals surface area contributed by atoms with Crippen molar-refractivity contribution in [3.05, 3.63) is 29.8 Å². The molecule has 0 spiro atoms. The van der Waals surface area contributed by atoms with Crippen LogP contribution in [0, 0.1) is 11.8 Å². The van der Waals surface area contributed by atoms with Gasteiger partial charge in [0.25, 0.3) is 0 Å². The maximum atomic E-state index is 5.42. The van der Waals surface area contributed by atoms with Gasteiger partial charge in [-0.2, -0.15) is 0 Å². The Morgan fingerprint density at radius 1 is 1.33 bits per heavy atom. The van der Waals surface area contributed by atoms with E-state index < -0.39 is 0 Å². The van der Waals surface area contributed by atoms with Gasteiger partial charge in [0.2, 0.25) is 0 Å². The minimum atomic E-state index is 0.383. The first-order chi connectivity index (χ1) is 5.86. The number of rotatable bonds is 1. The van der Waals surface area contributed by atoms with Crippen molar-refractivity contribution < 1.29 is 0 Å². The predicted octanol–water partition coefficient (Wildman–Crippen LogP) is 2.32. The largest absolute Gasteiger partial charge is 0.388 e. The van der Waals surface area contributed by atoms with Crippen molar-refractivity contribution in [3.8, 4) is 11.8 Å². The van der Waals surface area contributed by atoms with Crippen molar-refractivity contribution >= 4 is 17.3 Å². The number of hydrogen-bond donors (Lipinski definition) is 1. The molecular weight excluding hydrogens is 170 g/mol. The maximum Gasteiger partial charge on any atom is 0.0839 e. The molecule has 2 heteroatoms. The zero-order valence-electron chi connectivity index (χ0n) is 6.89. The Morgan fingerprint density at radius 2 is 2.00 bits per heavy atom. The molecule has 0 amide bonds. The highest BCUT2D eigenvalue weighted by Crippen LogP contribution is 2.06. The van der Waals surface area contributed by atoms with E-state index in [1.54, 1.807) is 0 Å². The van der Waals surface area contributed by atoms with E-state index in [1.165, 1.54) is 0 Å². The summed E-state index contributed by atoms with van der Waals surface area (Å²) >= 11 is 5.42. The molecule has 0 aliphatic heterocycles. The third-order valence-corrected chi connectivity index (χ3v) is 1.61. The van der Waals surface area contributed by atoms with Gasteiger partial charge in [0.1, 0.15) is 0 Å². The van der Waals surface area contributed by atoms with Gasteiger partial charge >= 0.3 is 0 Å². The third-order valence-electron chi connectivity index (χ3n) is 1.47. The Morgan fingerprint density at radius 3 is 2.50 bits per heavy atom. The Hall–Kier alpha value is -1.13. The van der Waals surface area contributed by atoms with E-state index in [0.717, 1.165) is 11.3 Å². The molecule has 0 unspecified atom stereocenters. The number of halogens is 1. The Kier molecular flexibility index (Phi) is 3.50. The van der Waals surface area contributed by atoms with Gasteiger partial charge in [-0.25, -0.2) is 0 Å². The number of anilines is 1. The van der Waals surface area contributed by atoms with Gasteiger partial charge in [-0.05, 0) is 24.3 Å². The lowest BCUT2D eigenvalue weighted by Gasteiger charge is -1.97. The summed E-state index contributed by atoms with van der Waals surface area (Å²) in [6.45, 7) is 0. The van der Waals surface area contributed by atoms with Crippen LogP contribution < -0.4 is 5.32 Å². The highest BCUT2D eigenvalue weighted by molar-refractivity contribution is 6.19. The topological polar surface area (TPSA) is 12.0 Å². The molecule has 0 saturated heterocycles. The molecule has 0 fully saturated rings. The maximum absolute atomic E-state index is 5.42. The molecular formula is C10H10ClN. The Bertz CT molecular complexity index is 292. The van der Waals surface area contributed by atoms with E-state index in [0.29, 0.717) is 5.88 Å². The van der Waals surface area contributed by atoms with Gasteiger partial charge < -0.3 is 5.32 Å². The second-order valence-electron chi connectivity index (χ2n) is 2.26. The zero-order chi connectivity index (χ0) is 8.81. The Balaban J connectivity index is 2.78. The van der Waals surface area contributed by atoms with Crippen molar-refractivity contribution in [3.63, 3.8) is 0 Å². The molecule has 1 aromatic carbocycles. The van der Waals surface area contributed by atoms with Crippen LogP contribution in [-0.4, -0.2) is 12.9 Å². The molecule has 0 saturated carbocycles. The van der Waals surface area contributed by atoms with Crippen LogP contribution in [0.3, 0.4) is 0 Å². The van der Waals surface area contributed by atoms with Gasteiger partial charge in [-0.3, -0.25) is 0 Å². The standard InChI is InChI=1S/C10H10ClN/c1-12-10-6-4-9(5-7-10)3-2-8-11/h4-7,12H,8H2,1H3. The van der Waals surface area contributed by atoms with Crippen LogP contribution in [0.1, 0.15) is 5.56 Å². The van der Waals surface area contributed by atoms with E-state index in [4.69, 9.17) is 11.6 Å². The first-order valence-electron chi connectivity index (χ1n) is 3.69. The number of nitrogens with one attached hydrogen (secondary N) is 1. The zero-order valence-corrected chi connectivity index (χ0v) is 7.65. The van der Waals surface area contributed by atoms with Crippen molar-refractivity contribution in [2.24, 2.45) is 0 Å². The van der Waals surface area contributed by atoms with Gasteiger partial charge in [-0.1, -0.05) is 11.8 Å². The van der Waals surface area contributed by atoms with Crippen LogP contribution in [0.25, 0.3) is 0 Å². The average molecular weight is 180 g/mol. The molecule has 62 valence electrons. The fraction of sp³-hybridized carbons (Fsp3) is 0.200. The molecule has 0 aliphatic carbocycles. The molecule has 0 atom stereocenters. The highest BCUT2D eigenvalue weighted by Gasteiger charge is 1.87. The number of benzene rings is 1. The van der Waals surface area contributed by atoms with E-state index in [2.05, 4.69) is 17.2 Å². The fourth-order valence-corrected chi connectivity index (χ4v) is 0.923. The highest BCUT2D eigenvalue weighted by atomic mass is 35.5. The van der Waals surface area contributed by atoms with E-state index in [1.807, 2.05) is 31.3 Å².